The highest BCUT2D eigenvalue weighted by atomic mass is 16.6. The van der Waals surface area contributed by atoms with Gasteiger partial charge in [-0.2, -0.15) is 0 Å². The van der Waals surface area contributed by atoms with E-state index in [1.807, 2.05) is 43.9 Å². The number of esters is 1. The van der Waals surface area contributed by atoms with Crippen LogP contribution in [0.5, 0.6) is 5.75 Å². The van der Waals surface area contributed by atoms with Crippen LogP contribution in [0.1, 0.15) is 32.8 Å². The lowest BCUT2D eigenvalue weighted by Crippen LogP contribution is -2.55. The zero-order valence-electron chi connectivity index (χ0n) is 18.5. The molecule has 1 aromatic heterocycles. The molecule has 1 aliphatic rings. The van der Waals surface area contributed by atoms with Crippen LogP contribution in [0.3, 0.4) is 0 Å². The molecule has 0 bridgehead atoms. The first kappa shape index (κ1) is 23.2. The number of aromatic nitrogens is 1. The average Bonchev–Trinajstić information content (AvgIpc) is 2.69. The van der Waals surface area contributed by atoms with Crippen LogP contribution in [0.15, 0.2) is 42.7 Å². The number of carbonyl (C=O) groups excluding carboxylic acids is 1. The third kappa shape index (κ3) is 7.02. The maximum Gasteiger partial charge on any atom is 0.324 e. The predicted octanol–water partition coefficient (Wildman–Crippen LogP) is 3.05. The van der Waals surface area contributed by atoms with E-state index in [2.05, 4.69) is 17.1 Å². The standard InChI is InChI=1S/C24H32N2O5/c1-24(2,3)31-23(28)22-7-9-26(22)17-30-21-14-20(15-25-16-21)19-6-4-5-18(13-19)8-11-29-12-10-27/h4-6,13-16,22,27H,7-12,17H2,1-3H3/t22-/m0/s1. The van der Waals surface area contributed by atoms with Gasteiger partial charge in [-0.05, 0) is 50.8 Å². The van der Waals surface area contributed by atoms with E-state index >= 15 is 0 Å². The van der Waals surface area contributed by atoms with Gasteiger partial charge in [0.1, 0.15) is 24.1 Å². The largest absolute Gasteiger partial charge is 0.476 e. The van der Waals surface area contributed by atoms with E-state index in [1.165, 1.54) is 0 Å². The maximum absolute atomic E-state index is 12.3. The zero-order valence-corrected chi connectivity index (χ0v) is 18.5. The molecule has 7 heteroatoms. The fourth-order valence-corrected chi connectivity index (χ4v) is 3.31. The van der Waals surface area contributed by atoms with E-state index in [4.69, 9.17) is 19.3 Å². The average molecular weight is 429 g/mol. The van der Waals surface area contributed by atoms with Gasteiger partial charge in [0, 0.05) is 18.3 Å². The SMILES string of the molecule is CC(C)(C)OC(=O)[C@@H]1CCN1COc1cncc(-c2cccc(CCOCCO)c2)c1. The fourth-order valence-electron chi connectivity index (χ4n) is 3.31. The summed E-state index contributed by atoms with van der Waals surface area (Å²) in [4.78, 5) is 18.6. The van der Waals surface area contributed by atoms with Gasteiger partial charge in [0.2, 0.25) is 0 Å². The van der Waals surface area contributed by atoms with Gasteiger partial charge in [-0.15, -0.1) is 0 Å². The molecule has 1 saturated heterocycles. The number of nitrogens with zero attached hydrogens (tertiary/aromatic N) is 2. The quantitative estimate of drug-likeness (QED) is 0.460. The number of aliphatic hydroxyl groups excluding tert-OH is 1. The van der Waals surface area contributed by atoms with Crippen molar-refractivity contribution in [3.63, 3.8) is 0 Å². The summed E-state index contributed by atoms with van der Waals surface area (Å²) in [6.45, 7) is 7.70. The molecule has 1 atom stereocenters. The molecule has 0 saturated carbocycles. The van der Waals surface area contributed by atoms with Crippen LogP contribution in [-0.4, -0.2) is 65.7 Å². The topological polar surface area (TPSA) is 81.1 Å². The van der Waals surface area contributed by atoms with Crippen molar-refractivity contribution >= 4 is 5.97 Å². The summed E-state index contributed by atoms with van der Waals surface area (Å²) in [5.41, 5.74) is 2.68. The number of hydrogen-bond donors (Lipinski definition) is 1. The molecule has 0 spiro atoms. The van der Waals surface area contributed by atoms with Crippen molar-refractivity contribution in [2.45, 2.75) is 45.3 Å². The Bertz CT molecular complexity index is 865. The molecule has 0 amide bonds. The summed E-state index contributed by atoms with van der Waals surface area (Å²) >= 11 is 0. The molecule has 168 valence electrons. The molecule has 2 aromatic rings. The Labute approximate surface area is 184 Å². The maximum atomic E-state index is 12.3. The highest BCUT2D eigenvalue weighted by Gasteiger charge is 2.37. The van der Waals surface area contributed by atoms with E-state index in [-0.39, 0.29) is 18.6 Å². The van der Waals surface area contributed by atoms with Crippen LogP contribution in [0, 0.1) is 0 Å². The first-order valence-corrected chi connectivity index (χ1v) is 10.7. The van der Waals surface area contributed by atoms with Gasteiger partial charge in [0.25, 0.3) is 0 Å². The second-order valence-electron chi connectivity index (χ2n) is 8.62. The molecule has 1 aromatic carbocycles. The van der Waals surface area contributed by atoms with Crippen LogP contribution in [-0.2, 0) is 20.7 Å². The van der Waals surface area contributed by atoms with Crippen LogP contribution in [0.4, 0.5) is 0 Å². The number of hydrogen-bond acceptors (Lipinski definition) is 7. The fraction of sp³-hybridized carbons (Fsp3) is 0.500. The van der Waals surface area contributed by atoms with Crippen molar-refractivity contribution in [1.29, 1.82) is 0 Å². The Morgan fingerprint density at radius 1 is 1.19 bits per heavy atom. The van der Waals surface area contributed by atoms with E-state index in [0.29, 0.717) is 25.7 Å². The van der Waals surface area contributed by atoms with Crippen LogP contribution < -0.4 is 4.74 Å². The van der Waals surface area contributed by atoms with Crippen LogP contribution >= 0.6 is 0 Å². The summed E-state index contributed by atoms with van der Waals surface area (Å²) in [6, 6.07) is 9.91. The van der Waals surface area contributed by atoms with Gasteiger partial charge in [0.05, 0.1) is 26.0 Å². The van der Waals surface area contributed by atoms with Gasteiger partial charge < -0.3 is 19.3 Å². The second kappa shape index (κ2) is 10.7. The van der Waals surface area contributed by atoms with Gasteiger partial charge in [-0.3, -0.25) is 14.7 Å². The molecular weight excluding hydrogens is 396 g/mol. The van der Waals surface area contributed by atoms with E-state index in [9.17, 15) is 4.79 Å². The van der Waals surface area contributed by atoms with Gasteiger partial charge >= 0.3 is 5.97 Å². The Morgan fingerprint density at radius 3 is 2.74 bits per heavy atom. The van der Waals surface area contributed by atoms with Crippen LogP contribution in [0.25, 0.3) is 11.1 Å². The number of carbonyl (C=O) groups is 1. The number of benzene rings is 1. The molecule has 2 heterocycles. The summed E-state index contributed by atoms with van der Waals surface area (Å²) in [7, 11) is 0. The highest BCUT2D eigenvalue weighted by molar-refractivity contribution is 5.77. The van der Waals surface area contributed by atoms with Crippen molar-refractivity contribution in [3.05, 3.63) is 48.3 Å². The monoisotopic (exact) mass is 428 g/mol. The molecule has 1 aliphatic heterocycles. The van der Waals surface area contributed by atoms with E-state index < -0.39 is 5.60 Å². The molecule has 7 nitrogen and oxygen atoms in total. The Hall–Kier alpha value is -2.48. The van der Waals surface area contributed by atoms with Gasteiger partial charge in [0.15, 0.2) is 0 Å². The Morgan fingerprint density at radius 2 is 2.03 bits per heavy atom. The molecule has 0 radical (unpaired) electrons. The number of likely N-dealkylation sites (tertiary alicyclic amines) is 1. The third-order valence-corrected chi connectivity index (χ3v) is 4.95. The van der Waals surface area contributed by atoms with Crippen molar-refractivity contribution < 1.29 is 24.1 Å². The highest BCUT2D eigenvalue weighted by Crippen LogP contribution is 2.25. The van der Waals surface area contributed by atoms with E-state index in [0.717, 1.165) is 36.1 Å². The number of ether oxygens (including phenoxy) is 3. The third-order valence-electron chi connectivity index (χ3n) is 4.95. The lowest BCUT2D eigenvalue weighted by atomic mass is 10.0. The lowest BCUT2D eigenvalue weighted by Gasteiger charge is -2.39. The van der Waals surface area contributed by atoms with Gasteiger partial charge in [-0.25, -0.2) is 0 Å². The Kier molecular flexibility index (Phi) is 8.01. The number of aliphatic hydroxyl groups is 1. The van der Waals surface area contributed by atoms with Gasteiger partial charge in [-0.1, -0.05) is 24.3 Å². The number of pyridine rings is 1. The normalized spacial score (nSPS) is 16.6. The second-order valence-corrected chi connectivity index (χ2v) is 8.62. The minimum atomic E-state index is -0.489. The van der Waals surface area contributed by atoms with E-state index in [1.54, 1.807) is 12.4 Å². The molecule has 1 fully saturated rings. The van der Waals surface area contributed by atoms with Crippen molar-refractivity contribution in [1.82, 2.24) is 9.88 Å². The first-order valence-electron chi connectivity index (χ1n) is 10.7. The van der Waals surface area contributed by atoms with Crippen molar-refractivity contribution in [2.24, 2.45) is 0 Å². The molecule has 1 N–H and O–H groups in total. The predicted molar refractivity (Wildman–Crippen MR) is 118 cm³/mol. The minimum Gasteiger partial charge on any atom is -0.476 e. The minimum absolute atomic E-state index is 0.0362. The summed E-state index contributed by atoms with van der Waals surface area (Å²) in [5.74, 6) is 0.457. The molecule has 3 rings (SSSR count). The van der Waals surface area contributed by atoms with Crippen molar-refractivity contribution in [2.75, 3.05) is 33.1 Å². The zero-order chi connectivity index (χ0) is 22.3. The summed E-state index contributed by atoms with van der Waals surface area (Å²) in [6.07, 6.45) is 5.05. The van der Waals surface area contributed by atoms with Crippen LogP contribution in [0.2, 0.25) is 0 Å². The first-order chi connectivity index (χ1) is 14.9. The molecular formula is C24H32N2O5. The van der Waals surface area contributed by atoms with Crippen molar-refractivity contribution in [3.8, 4) is 16.9 Å². The Balaban J connectivity index is 1.57. The smallest absolute Gasteiger partial charge is 0.324 e. The molecule has 0 unspecified atom stereocenters. The molecule has 31 heavy (non-hydrogen) atoms. The summed E-state index contributed by atoms with van der Waals surface area (Å²) < 4.78 is 16.8. The number of rotatable bonds is 10. The lowest BCUT2D eigenvalue weighted by molar-refractivity contribution is -0.168. The summed E-state index contributed by atoms with van der Waals surface area (Å²) in [5, 5.41) is 8.80. The molecule has 0 aliphatic carbocycles.